The van der Waals surface area contributed by atoms with E-state index in [0.717, 1.165) is 21.1 Å². The lowest BCUT2D eigenvalue weighted by Crippen LogP contribution is -1.86. The molecule has 0 saturated carbocycles. The maximum atomic E-state index is 5.69. The van der Waals surface area contributed by atoms with Crippen molar-refractivity contribution in [2.24, 2.45) is 0 Å². The highest BCUT2D eigenvalue weighted by atomic mass is 79.9. The van der Waals surface area contributed by atoms with Crippen molar-refractivity contribution in [2.75, 3.05) is 0 Å². The lowest BCUT2D eigenvalue weighted by molar-refractivity contribution is 1.22. The van der Waals surface area contributed by atoms with Gasteiger partial charge in [-0.2, -0.15) is 0 Å². The molecular formula is C10H7BrClN. The van der Waals surface area contributed by atoms with E-state index in [1.54, 1.807) is 0 Å². The zero-order valence-corrected chi connectivity index (χ0v) is 9.14. The van der Waals surface area contributed by atoms with Gasteiger partial charge in [0.15, 0.2) is 0 Å². The van der Waals surface area contributed by atoms with Crippen molar-refractivity contribution in [1.29, 1.82) is 0 Å². The minimum Gasteiger partial charge on any atom is -0.252 e. The fraction of sp³-hybridized carbons (Fsp3) is 0.100. The number of aromatic nitrogens is 1. The van der Waals surface area contributed by atoms with E-state index in [1.165, 1.54) is 0 Å². The predicted molar refractivity (Wildman–Crippen MR) is 59.0 cm³/mol. The summed E-state index contributed by atoms with van der Waals surface area (Å²) in [7, 11) is 0. The quantitative estimate of drug-likeness (QED) is 0.708. The first kappa shape index (κ1) is 8.97. The van der Waals surface area contributed by atoms with Gasteiger partial charge in [-0.3, -0.25) is 4.98 Å². The van der Waals surface area contributed by atoms with Crippen LogP contribution < -0.4 is 0 Å². The third kappa shape index (κ3) is 1.69. The largest absolute Gasteiger partial charge is 0.252 e. The van der Waals surface area contributed by atoms with E-state index < -0.39 is 0 Å². The van der Waals surface area contributed by atoms with Crippen LogP contribution in [0.15, 0.2) is 34.8 Å². The lowest BCUT2D eigenvalue weighted by Gasteiger charge is -2.00. The number of benzene rings is 1. The molecule has 0 radical (unpaired) electrons. The zero-order valence-electron chi connectivity index (χ0n) is 6.80. The average Bonchev–Trinajstić information content (AvgIpc) is 2.18. The molecule has 0 N–H and O–H groups in total. The van der Waals surface area contributed by atoms with Crippen molar-refractivity contribution in [3.05, 3.63) is 40.5 Å². The Morgan fingerprint density at radius 1 is 1.23 bits per heavy atom. The zero-order chi connectivity index (χ0) is 9.26. The number of pyridine rings is 1. The second-order valence-corrected chi connectivity index (χ2v) is 3.86. The van der Waals surface area contributed by atoms with Crippen LogP contribution in [0.3, 0.4) is 0 Å². The van der Waals surface area contributed by atoms with Crippen molar-refractivity contribution in [3.8, 4) is 0 Å². The number of hydrogen-bond acceptors (Lipinski definition) is 1. The summed E-state index contributed by atoms with van der Waals surface area (Å²) in [6.07, 6.45) is 0. The first-order valence-corrected chi connectivity index (χ1v) is 5.24. The molecule has 13 heavy (non-hydrogen) atoms. The average molecular weight is 257 g/mol. The van der Waals surface area contributed by atoms with Gasteiger partial charge in [-0.25, -0.2) is 0 Å². The van der Waals surface area contributed by atoms with E-state index in [1.807, 2.05) is 30.3 Å². The van der Waals surface area contributed by atoms with Gasteiger partial charge in [0.1, 0.15) is 0 Å². The number of fused-ring (bicyclic) bond motifs is 1. The Hall–Kier alpha value is -0.600. The molecule has 0 aliphatic rings. The monoisotopic (exact) mass is 255 g/mol. The standard InChI is InChI=1S/C10H7BrClN/c11-9-2-1-3-10-8(9)5-4-7(6-12)13-10/h1-5H,6H2. The number of alkyl halides is 1. The van der Waals surface area contributed by atoms with Crippen LogP contribution in [0.1, 0.15) is 5.69 Å². The third-order valence-corrected chi connectivity index (χ3v) is 2.84. The molecule has 2 aromatic rings. The summed E-state index contributed by atoms with van der Waals surface area (Å²) >= 11 is 9.16. The van der Waals surface area contributed by atoms with Gasteiger partial charge in [0.05, 0.1) is 17.1 Å². The predicted octanol–water partition coefficient (Wildman–Crippen LogP) is 3.74. The third-order valence-electron chi connectivity index (χ3n) is 1.87. The molecule has 0 fully saturated rings. The fourth-order valence-corrected chi connectivity index (χ4v) is 1.87. The number of hydrogen-bond donors (Lipinski definition) is 0. The molecule has 0 amide bonds. The summed E-state index contributed by atoms with van der Waals surface area (Å²) in [4.78, 5) is 4.39. The Morgan fingerprint density at radius 2 is 2.08 bits per heavy atom. The molecule has 0 spiro atoms. The van der Waals surface area contributed by atoms with Gasteiger partial charge in [0.2, 0.25) is 0 Å². The van der Waals surface area contributed by atoms with E-state index in [-0.39, 0.29) is 0 Å². The molecule has 1 aromatic heterocycles. The lowest BCUT2D eigenvalue weighted by atomic mass is 10.2. The molecule has 1 aromatic carbocycles. The maximum Gasteiger partial charge on any atom is 0.0717 e. The summed E-state index contributed by atoms with van der Waals surface area (Å²) < 4.78 is 1.07. The first-order valence-electron chi connectivity index (χ1n) is 3.91. The molecular weight excluding hydrogens is 249 g/mol. The van der Waals surface area contributed by atoms with Crippen molar-refractivity contribution in [1.82, 2.24) is 4.98 Å². The number of halogens is 2. The van der Waals surface area contributed by atoms with E-state index >= 15 is 0 Å². The van der Waals surface area contributed by atoms with E-state index in [2.05, 4.69) is 20.9 Å². The Balaban J connectivity index is 2.72. The molecule has 0 unspecified atom stereocenters. The van der Waals surface area contributed by atoms with Gasteiger partial charge < -0.3 is 0 Å². The minimum absolute atomic E-state index is 0.461. The molecule has 0 saturated heterocycles. The van der Waals surface area contributed by atoms with Crippen LogP contribution in [0.5, 0.6) is 0 Å². The van der Waals surface area contributed by atoms with Crippen molar-refractivity contribution >= 4 is 38.4 Å². The summed E-state index contributed by atoms with van der Waals surface area (Å²) in [5.74, 6) is 0.461. The van der Waals surface area contributed by atoms with Crippen LogP contribution in [0.2, 0.25) is 0 Å². The van der Waals surface area contributed by atoms with Gasteiger partial charge in [-0.05, 0) is 24.3 Å². The Bertz CT molecular complexity index is 442. The van der Waals surface area contributed by atoms with Gasteiger partial charge in [0, 0.05) is 9.86 Å². The summed E-state index contributed by atoms with van der Waals surface area (Å²) in [5.41, 5.74) is 1.89. The minimum atomic E-state index is 0.461. The molecule has 1 nitrogen and oxygen atoms in total. The second-order valence-electron chi connectivity index (χ2n) is 2.74. The van der Waals surface area contributed by atoms with Crippen LogP contribution in [0.4, 0.5) is 0 Å². The van der Waals surface area contributed by atoms with Crippen LogP contribution in [0, 0.1) is 0 Å². The highest BCUT2D eigenvalue weighted by molar-refractivity contribution is 9.10. The summed E-state index contributed by atoms with van der Waals surface area (Å²) in [6.45, 7) is 0. The van der Waals surface area contributed by atoms with Crippen LogP contribution in [0.25, 0.3) is 10.9 Å². The number of rotatable bonds is 1. The molecule has 1 heterocycles. The number of nitrogens with zero attached hydrogens (tertiary/aromatic N) is 1. The smallest absolute Gasteiger partial charge is 0.0717 e. The highest BCUT2D eigenvalue weighted by Crippen LogP contribution is 2.22. The molecule has 0 aliphatic heterocycles. The SMILES string of the molecule is ClCc1ccc2c(Br)cccc2n1. The van der Waals surface area contributed by atoms with Gasteiger partial charge >= 0.3 is 0 Å². The van der Waals surface area contributed by atoms with Gasteiger partial charge in [-0.15, -0.1) is 11.6 Å². The highest BCUT2D eigenvalue weighted by Gasteiger charge is 1.99. The van der Waals surface area contributed by atoms with E-state index in [0.29, 0.717) is 5.88 Å². The molecule has 0 bridgehead atoms. The van der Waals surface area contributed by atoms with Crippen LogP contribution >= 0.6 is 27.5 Å². The Kier molecular flexibility index (Phi) is 2.51. The normalized spacial score (nSPS) is 10.6. The van der Waals surface area contributed by atoms with Crippen LogP contribution in [-0.4, -0.2) is 4.98 Å². The summed E-state index contributed by atoms with van der Waals surface area (Å²) in [6, 6.07) is 9.93. The molecule has 2 rings (SSSR count). The molecule has 66 valence electrons. The van der Waals surface area contributed by atoms with E-state index in [9.17, 15) is 0 Å². The Morgan fingerprint density at radius 3 is 2.85 bits per heavy atom. The fourth-order valence-electron chi connectivity index (χ4n) is 1.23. The van der Waals surface area contributed by atoms with Gasteiger partial charge in [0.25, 0.3) is 0 Å². The molecule has 0 atom stereocenters. The van der Waals surface area contributed by atoms with Crippen LogP contribution in [-0.2, 0) is 5.88 Å². The van der Waals surface area contributed by atoms with Crippen molar-refractivity contribution in [3.63, 3.8) is 0 Å². The Labute approximate surface area is 89.9 Å². The topological polar surface area (TPSA) is 12.9 Å². The molecule has 3 heteroatoms. The first-order chi connectivity index (χ1) is 6.31. The maximum absolute atomic E-state index is 5.69. The molecule has 0 aliphatic carbocycles. The van der Waals surface area contributed by atoms with E-state index in [4.69, 9.17) is 11.6 Å². The van der Waals surface area contributed by atoms with Crippen molar-refractivity contribution < 1.29 is 0 Å². The van der Waals surface area contributed by atoms with Gasteiger partial charge in [-0.1, -0.05) is 22.0 Å². The second kappa shape index (κ2) is 3.64. The van der Waals surface area contributed by atoms with Crippen molar-refractivity contribution in [2.45, 2.75) is 5.88 Å². The summed E-state index contributed by atoms with van der Waals surface area (Å²) in [5, 5.41) is 1.12.